The number of aromatic nitrogens is 1. The van der Waals surface area contributed by atoms with Crippen molar-refractivity contribution in [2.24, 2.45) is 11.5 Å². The van der Waals surface area contributed by atoms with Crippen LogP contribution in [0, 0.1) is 6.92 Å². The first-order chi connectivity index (χ1) is 13.0. The maximum Gasteiger partial charge on any atom is 0.255 e. The van der Waals surface area contributed by atoms with Gasteiger partial charge in [0.15, 0.2) is 6.61 Å². The molecule has 4 N–H and O–H groups in total. The fraction of sp³-hybridized carbons (Fsp3) is 0.273. The molecule has 1 aromatic heterocycles. The van der Waals surface area contributed by atoms with E-state index in [9.17, 15) is 4.79 Å². The van der Waals surface area contributed by atoms with Crippen LogP contribution in [-0.4, -0.2) is 17.5 Å². The maximum absolute atomic E-state index is 11.0. The summed E-state index contributed by atoms with van der Waals surface area (Å²) in [6.45, 7) is 4.46. The Morgan fingerprint density at radius 1 is 1.10 bits per heavy atom. The van der Waals surface area contributed by atoms with Crippen LogP contribution in [0.5, 0.6) is 5.75 Å². The molecule has 3 rings (SSSR count). The first-order valence-corrected chi connectivity index (χ1v) is 9.17. The Kier molecular flexibility index (Phi) is 9.37. The number of pyridine rings is 1. The molecule has 0 unspecified atom stereocenters. The maximum atomic E-state index is 11.0. The molecule has 0 aliphatic carbocycles. The molecule has 29 heavy (non-hydrogen) atoms. The number of fused-ring (bicyclic) bond motifs is 1. The Morgan fingerprint density at radius 3 is 2.38 bits per heavy atom. The second-order valence-electron chi connectivity index (χ2n) is 6.67. The Hall–Kier alpha value is -2.34. The van der Waals surface area contributed by atoms with Gasteiger partial charge < -0.3 is 16.2 Å². The van der Waals surface area contributed by atoms with E-state index in [1.165, 1.54) is 5.56 Å². The van der Waals surface area contributed by atoms with E-state index in [0.717, 1.165) is 46.1 Å². The van der Waals surface area contributed by atoms with Gasteiger partial charge in [0.2, 0.25) is 0 Å². The van der Waals surface area contributed by atoms with E-state index in [1.807, 2.05) is 18.2 Å². The molecule has 0 saturated carbocycles. The van der Waals surface area contributed by atoms with Gasteiger partial charge >= 0.3 is 0 Å². The van der Waals surface area contributed by atoms with E-state index in [-0.39, 0.29) is 31.4 Å². The van der Waals surface area contributed by atoms with E-state index in [1.54, 1.807) is 0 Å². The second kappa shape index (κ2) is 11.0. The molecule has 1 amide bonds. The van der Waals surface area contributed by atoms with Gasteiger partial charge in [-0.3, -0.25) is 9.78 Å². The van der Waals surface area contributed by atoms with Crippen LogP contribution in [0.15, 0.2) is 42.5 Å². The van der Waals surface area contributed by atoms with Crippen molar-refractivity contribution >= 4 is 41.6 Å². The molecule has 0 saturated heterocycles. The van der Waals surface area contributed by atoms with Gasteiger partial charge in [0.25, 0.3) is 5.91 Å². The molecule has 3 aromatic rings. The summed E-state index contributed by atoms with van der Waals surface area (Å²) in [6, 6.07) is 14.0. The van der Waals surface area contributed by atoms with Crippen LogP contribution >= 0.6 is 24.8 Å². The van der Waals surface area contributed by atoms with Crippen LogP contribution in [0.1, 0.15) is 30.2 Å². The zero-order chi connectivity index (χ0) is 19.4. The number of carbonyl (C=O) groups excluding carboxylic acids is 1. The smallest absolute Gasteiger partial charge is 0.255 e. The van der Waals surface area contributed by atoms with E-state index >= 15 is 0 Å². The fourth-order valence-corrected chi connectivity index (χ4v) is 3.29. The number of hydrogen-bond donors (Lipinski definition) is 2. The summed E-state index contributed by atoms with van der Waals surface area (Å²) in [5.74, 6) is 0.0793. The van der Waals surface area contributed by atoms with Crippen molar-refractivity contribution in [2.45, 2.75) is 33.2 Å². The van der Waals surface area contributed by atoms with Crippen LogP contribution in [-0.2, 0) is 17.8 Å². The summed E-state index contributed by atoms with van der Waals surface area (Å²) in [7, 11) is 0. The van der Waals surface area contributed by atoms with E-state index in [2.05, 4.69) is 38.1 Å². The highest BCUT2D eigenvalue weighted by Gasteiger charge is 2.16. The summed E-state index contributed by atoms with van der Waals surface area (Å²) < 4.78 is 5.50. The van der Waals surface area contributed by atoms with Crippen molar-refractivity contribution in [1.29, 1.82) is 0 Å². The number of aryl methyl sites for hydroxylation is 2. The summed E-state index contributed by atoms with van der Waals surface area (Å²) in [4.78, 5) is 15.9. The van der Waals surface area contributed by atoms with E-state index in [0.29, 0.717) is 12.3 Å². The van der Waals surface area contributed by atoms with Gasteiger partial charge in [-0.1, -0.05) is 43.2 Å². The molecule has 2 aromatic carbocycles. The standard InChI is InChI=1S/C22H25N3O2.2ClH/c1-3-4-19-18(12-23)22(15-7-5-14(2)6-8-15)17-11-16(27-13-21(24)26)9-10-20(17)25-19;;/h5-11H,3-4,12-13,23H2,1-2H3,(H2,24,26);2*1H. The monoisotopic (exact) mass is 435 g/mol. The molecule has 0 fully saturated rings. The number of nitrogens with zero attached hydrogens (tertiary/aromatic N) is 1. The average molecular weight is 436 g/mol. The number of hydrogen-bond acceptors (Lipinski definition) is 4. The highest BCUT2D eigenvalue weighted by atomic mass is 35.5. The SMILES string of the molecule is CCCc1nc2ccc(OCC(N)=O)cc2c(-c2ccc(C)cc2)c1CN.Cl.Cl. The topological polar surface area (TPSA) is 91.2 Å². The lowest BCUT2D eigenvalue weighted by Gasteiger charge is -2.17. The lowest BCUT2D eigenvalue weighted by atomic mass is 9.92. The second-order valence-corrected chi connectivity index (χ2v) is 6.67. The third-order valence-corrected chi connectivity index (χ3v) is 4.56. The predicted octanol–water partition coefficient (Wildman–Crippen LogP) is 4.33. The molecule has 0 aliphatic heterocycles. The van der Waals surface area contributed by atoms with Gasteiger partial charge in [-0.2, -0.15) is 0 Å². The van der Waals surface area contributed by atoms with Gasteiger partial charge in [0.05, 0.1) is 5.52 Å². The summed E-state index contributed by atoms with van der Waals surface area (Å²) >= 11 is 0. The number of ether oxygens (including phenoxy) is 1. The zero-order valence-corrected chi connectivity index (χ0v) is 18.2. The average Bonchev–Trinajstić information content (AvgIpc) is 2.66. The van der Waals surface area contributed by atoms with Gasteiger partial charge in [-0.15, -0.1) is 24.8 Å². The summed E-state index contributed by atoms with van der Waals surface area (Å²) in [6.07, 6.45) is 1.87. The highest BCUT2D eigenvalue weighted by molar-refractivity contribution is 5.97. The predicted molar refractivity (Wildman–Crippen MR) is 123 cm³/mol. The number of nitrogens with two attached hydrogens (primary N) is 2. The largest absolute Gasteiger partial charge is 0.484 e. The molecular weight excluding hydrogens is 409 g/mol. The number of benzene rings is 2. The van der Waals surface area contributed by atoms with Crippen LogP contribution in [0.25, 0.3) is 22.0 Å². The molecule has 5 nitrogen and oxygen atoms in total. The number of amides is 1. The minimum Gasteiger partial charge on any atom is -0.484 e. The van der Waals surface area contributed by atoms with Crippen LogP contribution in [0.3, 0.4) is 0 Å². The van der Waals surface area contributed by atoms with Crippen LogP contribution < -0.4 is 16.2 Å². The molecular formula is C22H27Cl2N3O2. The van der Waals surface area contributed by atoms with Crippen molar-refractivity contribution in [3.05, 3.63) is 59.3 Å². The molecule has 0 aliphatic rings. The molecule has 0 radical (unpaired) electrons. The zero-order valence-electron chi connectivity index (χ0n) is 16.6. The molecule has 1 heterocycles. The van der Waals surface area contributed by atoms with Crippen molar-refractivity contribution in [3.63, 3.8) is 0 Å². The number of rotatable bonds is 7. The summed E-state index contributed by atoms with van der Waals surface area (Å²) in [5.41, 5.74) is 17.7. The normalized spacial score (nSPS) is 10.2. The van der Waals surface area contributed by atoms with Gasteiger partial charge in [0, 0.05) is 17.6 Å². The quantitative estimate of drug-likeness (QED) is 0.577. The molecule has 0 spiro atoms. The third-order valence-electron chi connectivity index (χ3n) is 4.56. The molecule has 156 valence electrons. The van der Waals surface area contributed by atoms with E-state index in [4.69, 9.17) is 21.2 Å². The van der Waals surface area contributed by atoms with Crippen LogP contribution in [0.4, 0.5) is 0 Å². The Labute approximate surface area is 183 Å². The molecule has 0 bridgehead atoms. The van der Waals surface area contributed by atoms with E-state index < -0.39 is 5.91 Å². The van der Waals surface area contributed by atoms with Gasteiger partial charge in [-0.25, -0.2) is 0 Å². The molecule has 7 heteroatoms. The van der Waals surface area contributed by atoms with Crippen molar-refractivity contribution < 1.29 is 9.53 Å². The van der Waals surface area contributed by atoms with Gasteiger partial charge in [-0.05, 0) is 48.2 Å². The minimum atomic E-state index is -0.507. The Balaban J connectivity index is 0.00000210. The van der Waals surface area contributed by atoms with Gasteiger partial charge in [0.1, 0.15) is 5.75 Å². The number of carbonyl (C=O) groups is 1. The van der Waals surface area contributed by atoms with Crippen molar-refractivity contribution in [1.82, 2.24) is 4.98 Å². The number of primary amides is 1. The number of halogens is 2. The lowest BCUT2D eigenvalue weighted by molar-refractivity contribution is -0.119. The first-order valence-electron chi connectivity index (χ1n) is 9.17. The fourth-order valence-electron chi connectivity index (χ4n) is 3.29. The first kappa shape index (κ1) is 24.7. The highest BCUT2D eigenvalue weighted by Crippen LogP contribution is 2.35. The summed E-state index contributed by atoms with van der Waals surface area (Å²) in [5, 5.41) is 0.959. The minimum absolute atomic E-state index is 0. The third kappa shape index (κ3) is 5.60. The Morgan fingerprint density at radius 2 is 1.79 bits per heavy atom. The Bertz CT molecular complexity index is 976. The van der Waals surface area contributed by atoms with Crippen molar-refractivity contribution in [3.8, 4) is 16.9 Å². The lowest BCUT2D eigenvalue weighted by Crippen LogP contribution is -2.20. The molecule has 0 atom stereocenters. The van der Waals surface area contributed by atoms with Crippen LogP contribution in [0.2, 0.25) is 0 Å². The van der Waals surface area contributed by atoms with Crippen molar-refractivity contribution in [2.75, 3.05) is 6.61 Å².